The third-order valence-electron chi connectivity index (χ3n) is 4.41. The summed E-state index contributed by atoms with van der Waals surface area (Å²) in [5, 5.41) is 4.67. The molecule has 2 aromatic rings. The number of hydrogen-bond acceptors (Lipinski definition) is 4. The molecule has 2 aromatic carbocycles. The first-order valence-electron chi connectivity index (χ1n) is 8.77. The van der Waals surface area contributed by atoms with Gasteiger partial charge in [-0.15, -0.1) is 0 Å². The van der Waals surface area contributed by atoms with E-state index in [9.17, 15) is 13.2 Å². The molecule has 9 heteroatoms. The van der Waals surface area contributed by atoms with Gasteiger partial charge in [-0.05, 0) is 43.2 Å². The molecule has 148 valence electrons. The summed E-state index contributed by atoms with van der Waals surface area (Å²) in [6, 6.07) is 10.9. The normalized spacial score (nSPS) is 15.6. The summed E-state index contributed by atoms with van der Waals surface area (Å²) in [6.45, 7) is 1.00. The molecule has 0 aromatic heterocycles. The Labute approximate surface area is 174 Å². The quantitative estimate of drug-likeness (QED) is 0.565. The molecule has 0 radical (unpaired) electrons. The summed E-state index contributed by atoms with van der Waals surface area (Å²) >= 11 is 12.1. The second-order valence-corrected chi connectivity index (χ2v) is 9.08. The van der Waals surface area contributed by atoms with E-state index in [0.717, 1.165) is 19.3 Å². The van der Waals surface area contributed by atoms with E-state index in [2.05, 4.69) is 10.5 Å². The summed E-state index contributed by atoms with van der Waals surface area (Å²) in [5.41, 5.74) is 3.04. The number of piperidine rings is 1. The Morgan fingerprint density at radius 1 is 1.04 bits per heavy atom. The van der Waals surface area contributed by atoms with Gasteiger partial charge >= 0.3 is 0 Å². The largest absolute Gasteiger partial charge is 0.271 e. The summed E-state index contributed by atoms with van der Waals surface area (Å²) in [7, 11) is -3.61. The maximum absolute atomic E-state index is 12.8. The molecule has 1 aliphatic rings. The zero-order valence-corrected chi connectivity index (χ0v) is 17.3. The van der Waals surface area contributed by atoms with Crippen LogP contribution < -0.4 is 5.43 Å². The molecule has 1 aliphatic heterocycles. The van der Waals surface area contributed by atoms with E-state index in [1.807, 2.05) is 0 Å². The number of sulfonamides is 1. The minimum Gasteiger partial charge on any atom is -0.267 e. The molecule has 1 fully saturated rings. The van der Waals surface area contributed by atoms with Crippen LogP contribution in [0.5, 0.6) is 0 Å². The Balaban J connectivity index is 1.74. The Kier molecular flexibility index (Phi) is 6.72. The number of benzene rings is 2. The third-order valence-corrected chi connectivity index (χ3v) is 6.96. The number of rotatable bonds is 5. The molecule has 0 aliphatic carbocycles. The van der Waals surface area contributed by atoms with Gasteiger partial charge in [-0.1, -0.05) is 41.8 Å². The number of halogens is 2. The Hall–Kier alpha value is -1.93. The molecular weight excluding hydrogens is 421 g/mol. The van der Waals surface area contributed by atoms with Crippen molar-refractivity contribution in [3.8, 4) is 0 Å². The van der Waals surface area contributed by atoms with Crippen molar-refractivity contribution < 1.29 is 13.2 Å². The van der Waals surface area contributed by atoms with E-state index in [4.69, 9.17) is 23.2 Å². The number of nitrogens with one attached hydrogen (secondary N) is 1. The molecule has 1 saturated heterocycles. The minimum absolute atomic E-state index is 0.0974. The van der Waals surface area contributed by atoms with Crippen LogP contribution in [0.25, 0.3) is 0 Å². The fourth-order valence-corrected chi connectivity index (χ4v) is 4.96. The lowest BCUT2D eigenvalue weighted by atomic mass is 10.2. The SMILES string of the molecule is O=C(N/N=C/c1c(Cl)cccc1Cl)c1cccc(S(=O)(=O)N2CCCCC2)c1. The van der Waals surface area contributed by atoms with Crippen molar-refractivity contribution >= 4 is 45.3 Å². The van der Waals surface area contributed by atoms with Gasteiger partial charge < -0.3 is 0 Å². The molecule has 0 saturated carbocycles. The number of carbonyl (C=O) groups excluding carboxylic acids is 1. The fraction of sp³-hybridized carbons (Fsp3) is 0.263. The lowest BCUT2D eigenvalue weighted by Gasteiger charge is -2.25. The molecule has 0 spiro atoms. The number of nitrogens with zero attached hydrogens (tertiary/aromatic N) is 2. The highest BCUT2D eigenvalue weighted by Crippen LogP contribution is 2.23. The van der Waals surface area contributed by atoms with Crippen molar-refractivity contribution in [1.82, 2.24) is 9.73 Å². The smallest absolute Gasteiger partial charge is 0.267 e. The van der Waals surface area contributed by atoms with Gasteiger partial charge in [0, 0.05) is 24.2 Å². The van der Waals surface area contributed by atoms with Crippen molar-refractivity contribution in [1.29, 1.82) is 0 Å². The molecule has 6 nitrogen and oxygen atoms in total. The molecule has 3 rings (SSSR count). The summed E-state index contributed by atoms with van der Waals surface area (Å²) in [6.07, 6.45) is 4.07. The molecular formula is C19H19Cl2N3O3S. The lowest BCUT2D eigenvalue weighted by Crippen LogP contribution is -2.35. The van der Waals surface area contributed by atoms with Crippen molar-refractivity contribution in [2.45, 2.75) is 24.2 Å². The molecule has 1 N–H and O–H groups in total. The van der Waals surface area contributed by atoms with Gasteiger partial charge in [0.25, 0.3) is 5.91 Å². The van der Waals surface area contributed by atoms with Gasteiger partial charge in [0.1, 0.15) is 0 Å². The topological polar surface area (TPSA) is 78.8 Å². The number of hydrazone groups is 1. The van der Waals surface area contributed by atoms with Crippen LogP contribution in [-0.4, -0.2) is 37.9 Å². The average molecular weight is 440 g/mol. The molecule has 1 amide bonds. The van der Waals surface area contributed by atoms with Crippen LogP contribution in [0.4, 0.5) is 0 Å². The van der Waals surface area contributed by atoms with E-state index in [0.29, 0.717) is 28.7 Å². The van der Waals surface area contributed by atoms with Crippen LogP contribution in [0.2, 0.25) is 10.0 Å². The number of hydrogen-bond donors (Lipinski definition) is 1. The predicted molar refractivity (Wildman–Crippen MR) is 111 cm³/mol. The molecule has 28 heavy (non-hydrogen) atoms. The highest BCUT2D eigenvalue weighted by atomic mass is 35.5. The van der Waals surface area contributed by atoms with Crippen LogP contribution in [0.15, 0.2) is 52.5 Å². The van der Waals surface area contributed by atoms with Crippen molar-refractivity contribution in [3.05, 3.63) is 63.6 Å². The van der Waals surface area contributed by atoms with Gasteiger partial charge in [-0.25, -0.2) is 13.8 Å². The highest BCUT2D eigenvalue weighted by Gasteiger charge is 2.26. The van der Waals surface area contributed by atoms with Gasteiger partial charge in [-0.2, -0.15) is 9.41 Å². The van der Waals surface area contributed by atoms with Gasteiger partial charge in [0.2, 0.25) is 10.0 Å². The van der Waals surface area contributed by atoms with E-state index in [1.165, 1.54) is 28.7 Å². The molecule has 0 unspecified atom stereocenters. The van der Waals surface area contributed by atoms with E-state index in [1.54, 1.807) is 24.3 Å². The summed E-state index contributed by atoms with van der Waals surface area (Å²) in [4.78, 5) is 12.5. The van der Waals surface area contributed by atoms with Gasteiger partial charge in [-0.3, -0.25) is 4.79 Å². The number of amides is 1. The fourth-order valence-electron chi connectivity index (χ4n) is 2.91. The van der Waals surface area contributed by atoms with Crippen molar-refractivity contribution in [2.24, 2.45) is 5.10 Å². The highest BCUT2D eigenvalue weighted by molar-refractivity contribution is 7.89. The summed E-state index contributed by atoms with van der Waals surface area (Å²) < 4.78 is 27.0. The molecule has 0 bridgehead atoms. The molecule has 0 atom stereocenters. The Morgan fingerprint density at radius 3 is 2.36 bits per heavy atom. The molecule has 1 heterocycles. The first kappa shape index (κ1) is 20.8. The monoisotopic (exact) mass is 439 g/mol. The van der Waals surface area contributed by atoms with E-state index < -0.39 is 15.9 Å². The van der Waals surface area contributed by atoms with Crippen molar-refractivity contribution in [3.63, 3.8) is 0 Å². The lowest BCUT2D eigenvalue weighted by molar-refractivity contribution is 0.0955. The zero-order chi connectivity index (χ0) is 20.1. The van der Waals surface area contributed by atoms with E-state index in [-0.39, 0.29) is 10.5 Å². The van der Waals surface area contributed by atoms with Crippen LogP contribution in [0, 0.1) is 0 Å². The maximum atomic E-state index is 12.8. The summed E-state index contributed by atoms with van der Waals surface area (Å²) in [5.74, 6) is -0.532. The first-order valence-corrected chi connectivity index (χ1v) is 11.0. The second kappa shape index (κ2) is 9.05. The third kappa shape index (κ3) is 4.72. The van der Waals surface area contributed by atoms with Crippen molar-refractivity contribution in [2.75, 3.05) is 13.1 Å². The second-order valence-electron chi connectivity index (χ2n) is 6.33. The van der Waals surface area contributed by atoms with Crippen LogP contribution in [0.3, 0.4) is 0 Å². The predicted octanol–water partition coefficient (Wildman–Crippen LogP) is 3.93. The van der Waals surface area contributed by atoms with Gasteiger partial charge in [0.15, 0.2) is 0 Å². The van der Waals surface area contributed by atoms with Gasteiger partial charge in [0.05, 0.1) is 21.2 Å². The van der Waals surface area contributed by atoms with E-state index >= 15 is 0 Å². The minimum atomic E-state index is -3.61. The standard InChI is InChI=1S/C19H19Cl2N3O3S/c20-17-8-5-9-18(21)16(17)13-22-23-19(25)14-6-4-7-15(12-14)28(26,27)24-10-2-1-3-11-24/h4-9,12-13H,1-3,10-11H2,(H,23,25)/b22-13+. The van der Waals surface area contributed by atoms with Crippen LogP contribution in [-0.2, 0) is 10.0 Å². The maximum Gasteiger partial charge on any atom is 0.271 e. The average Bonchev–Trinajstić information content (AvgIpc) is 2.71. The Morgan fingerprint density at radius 2 is 1.68 bits per heavy atom. The first-order chi connectivity index (χ1) is 13.4. The van der Waals surface area contributed by atoms with Crippen LogP contribution >= 0.6 is 23.2 Å². The zero-order valence-electron chi connectivity index (χ0n) is 14.9. The Bertz CT molecular complexity index is 983. The van der Waals surface area contributed by atoms with Crippen LogP contribution in [0.1, 0.15) is 35.2 Å². The number of carbonyl (C=O) groups is 1.